The minimum atomic E-state index is -4.65. The summed E-state index contributed by atoms with van der Waals surface area (Å²) in [5, 5.41) is 2.71. The van der Waals surface area contributed by atoms with E-state index in [0.717, 1.165) is 12.1 Å². The van der Waals surface area contributed by atoms with Crippen LogP contribution in [-0.2, 0) is 20.2 Å². The summed E-state index contributed by atoms with van der Waals surface area (Å²) in [7, 11) is -7.74. The topological polar surface area (TPSA) is 147 Å². The van der Waals surface area contributed by atoms with E-state index in [1.54, 1.807) is 7.05 Å². The Morgan fingerprint density at radius 2 is 1.35 bits per heavy atom. The number of hydrogen-bond donors (Lipinski definition) is 4. The Hall–Kier alpha value is -2.14. The molecular weight excluding hydrogens is 344 g/mol. The fourth-order valence-electron chi connectivity index (χ4n) is 2.09. The molecule has 0 spiro atoms. The Labute approximate surface area is 133 Å². The molecule has 2 aromatic rings. The predicted octanol–water partition coefficient (Wildman–Crippen LogP) is 1.47. The average molecular weight is 358 g/mol. The highest BCUT2D eigenvalue weighted by atomic mass is 32.2. The first-order chi connectivity index (χ1) is 10.5. The molecule has 8 nitrogen and oxygen atoms in total. The lowest BCUT2D eigenvalue weighted by atomic mass is 10.0. The first kappa shape index (κ1) is 17.2. The van der Waals surface area contributed by atoms with E-state index in [2.05, 4.69) is 5.32 Å². The van der Waals surface area contributed by atoms with Crippen molar-refractivity contribution in [1.29, 1.82) is 0 Å². The highest BCUT2D eigenvalue weighted by Crippen LogP contribution is 2.35. The van der Waals surface area contributed by atoms with Crippen LogP contribution in [0.5, 0.6) is 0 Å². The second kappa shape index (κ2) is 5.81. The van der Waals surface area contributed by atoms with E-state index in [1.807, 2.05) is 0 Å². The smallest absolute Gasteiger partial charge is 0.295 e. The van der Waals surface area contributed by atoms with Gasteiger partial charge in [0.1, 0.15) is 9.79 Å². The molecule has 0 aliphatic rings. The van der Waals surface area contributed by atoms with Gasteiger partial charge in [-0.3, -0.25) is 9.11 Å². The highest BCUT2D eigenvalue weighted by molar-refractivity contribution is 7.86. The zero-order valence-electron chi connectivity index (χ0n) is 11.9. The Morgan fingerprint density at radius 1 is 0.870 bits per heavy atom. The molecule has 0 aliphatic heterocycles. The summed E-state index contributed by atoms with van der Waals surface area (Å²) in [5.74, 6) is 0. The zero-order valence-corrected chi connectivity index (χ0v) is 13.5. The van der Waals surface area contributed by atoms with Gasteiger partial charge < -0.3 is 11.1 Å². The van der Waals surface area contributed by atoms with E-state index in [1.165, 1.54) is 24.3 Å². The molecule has 10 heteroatoms. The van der Waals surface area contributed by atoms with Crippen molar-refractivity contribution in [3.63, 3.8) is 0 Å². The second-order valence-electron chi connectivity index (χ2n) is 4.67. The molecule has 0 saturated heterocycles. The van der Waals surface area contributed by atoms with E-state index < -0.39 is 30.0 Å². The van der Waals surface area contributed by atoms with Crippen molar-refractivity contribution in [2.24, 2.45) is 0 Å². The SMILES string of the molecule is CNc1ccc(-c2ccc(N)cc2S(=O)(=O)O)c(S(=O)(=O)O)c1. The molecule has 2 rings (SSSR count). The summed E-state index contributed by atoms with van der Waals surface area (Å²) in [6.07, 6.45) is 0. The molecule has 124 valence electrons. The third kappa shape index (κ3) is 3.62. The Morgan fingerprint density at radius 3 is 1.83 bits per heavy atom. The van der Waals surface area contributed by atoms with E-state index in [9.17, 15) is 25.9 Å². The number of nitrogens with two attached hydrogens (primary N) is 1. The molecule has 0 amide bonds. The fourth-order valence-corrected chi connectivity index (χ4v) is 3.56. The van der Waals surface area contributed by atoms with Gasteiger partial charge in [-0.2, -0.15) is 16.8 Å². The molecule has 5 N–H and O–H groups in total. The van der Waals surface area contributed by atoms with Crippen molar-refractivity contribution in [2.75, 3.05) is 18.1 Å². The molecule has 0 unspecified atom stereocenters. The number of rotatable bonds is 4. The van der Waals surface area contributed by atoms with Gasteiger partial charge in [0.15, 0.2) is 0 Å². The molecule has 0 saturated carbocycles. The van der Waals surface area contributed by atoms with E-state index >= 15 is 0 Å². The Kier molecular flexibility index (Phi) is 4.35. The maximum atomic E-state index is 11.6. The number of benzene rings is 2. The van der Waals surface area contributed by atoms with Gasteiger partial charge in [0.2, 0.25) is 0 Å². The number of anilines is 2. The summed E-state index contributed by atoms with van der Waals surface area (Å²) in [4.78, 5) is -1.06. The monoisotopic (exact) mass is 358 g/mol. The van der Waals surface area contributed by atoms with Crippen LogP contribution in [0, 0.1) is 0 Å². The van der Waals surface area contributed by atoms with Gasteiger partial charge in [0, 0.05) is 29.5 Å². The van der Waals surface area contributed by atoms with Crippen molar-refractivity contribution >= 4 is 31.6 Å². The van der Waals surface area contributed by atoms with Gasteiger partial charge >= 0.3 is 0 Å². The number of nitrogens with one attached hydrogen (secondary N) is 1. The van der Waals surface area contributed by atoms with Crippen molar-refractivity contribution < 1.29 is 25.9 Å². The van der Waals surface area contributed by atoms with Crippen LogP contribution in [0.3, 0.4) is 0 Å². The Balaban J connectivity index is 2.88. The maximum Gasteiger partial charge on any atom is 0.295 e. The van der Waals surface area contributed by atoms with Gasteiger partial charge in [0.25, 0.3) is 20.2 Å². The molecule has 0 aromatic heterocycles. The molecule has 0 bridgehead atoms. The van der Waals surface area contributed by atoms with Crippen molar-refractivity contribution in [1.82, 2.24) is 0 Å². The van der Waals surface area contributed by atoms with Gasteiger partial charge in [0.05, 0.1) is 0 Å². The van der Waals surface area contributed by atoms with Crippen LogP contribution in [-0.4, -0.2) is 33.0 Å². The lowest BCUT2D eigenvalue weighted by Crippen LogP contribution is -2.06. The summed E-state index contributed by atoms with van der Waals surface area (Å²) < 4.78 is 65.1. The summed E-state index contributed by atoms with van der Waals surface area (Å²) in [6.45, 7) is 0. The van der Waals surface area contributed by atoms with E-state index in [0.29, 0.717) is 5.69 Å². The zero-order chi connectivity index (χ0) is 17.4. The van der Waals surface area contributed by atoms with Crippen molar-refractivity contribution in [3.05, 3.63) is 36.4 Å². The van der Waals surface area contributed by atoms with Gasteiger partial charge in [-0.15, -0.1) is 0 Å². The average Bonchev–Trinajstić information content (AvgIpc) is 2.45. The van der Waals surface area contributed by atoms with Crippen LogP contribution < -0.4 is 11.1 Å². The first-order valence-corrected chi connectivity index (χ1v) is 9.08. The molecular formula is C13H14N2O6S2. The predicted molar refractivity (Wildman–Crippen MR) is 85.5 cm³/mol. The molecule has 0 heterocycles. The van der Waals surface area contributed by atoms with Gasteiger partial charge in [-0.05, 0) is 24.3 Å². The summed E-state index contributed by atoms with van der Waals surface area (Å²) >= 11 is 0. The van der Waals surface area contributed by atoms with Gasteiger partial charge in [-0.1, -0.05) is 12.1 Å². The Bertz CT molecular complexity index is 968. The third-order valence-corrected chi connectivity index (χ3v) is 4.91. The van der Waals surface area contributed by atoms with E-state index in [4.69, 9.17) is 5.73 Å². The molecule has 0 aliphatic carbocycles. The first-order valence-electron chi connectivity index (χ1n) is 6.20. The lowest BCUT2D eigenvalue weighted by molar-refractivity contribution is 0.480. The normalized spacial score (nSPS) is 12.1. The number of nitrogen functional groups attached to an aromatic ring is 1. The van der Waals surface area contributed by atoms with Crippen LogP contribution in [0.25, 0.3) is 11.1 Å². The van der Waals surface area contributed by atoms with E-state index in [-0.39, 0.29) is 16.8 Å². The standard InChI is InChI=1S/C13H14N2O6S2/c1-15-9-3-5-11(13(7-9)23(19,20)21)10-4-2-8(14)6-12(10)22(16,17)18/h2-7,15H,14H2,1H3,(H,16,17,18)(H,19,20,21). The summed E-state index contributed by atoms with van der Waals surface area (Å²) in [6, 6.07) is 7.56. The molecule has 23 heavy (non-hydrogen) atoms. The lowest BCUT2D eigenvalue weighted by Gasteiger charge is -2.13. The largest absolute Gasteiger partial charge is 0.399 e. The molecule has 0 fully saturated rings. The minimum Gasteiger partial charge on any atom is -0.399 e. The van der Waals surface area contributed by atoms with Crippen LogP contribution in [0.4, 0.5) is 11.4 Å². The second-order valence-corrected chi connectivity index (χ2v) is 7.45. The van der Waals surface area contributed by atoms with Crippen molar-refractivity contribution in [2.45, 2.75) is 9.79 Å². The van der Waals surface area contributed by atoms with Crippen LogP contribution in [0.1, 0.15) is 0 Å². The van der Waals surface area contributed by atoms with Crippen LogP contribution in [0.2, 0.25) is 0 Å². The van der Waals surface area contributed by atoms with Crippen LogP contribution >= 0.6 is 0 Å². The molecule has 2 aromatic carbocycles. The fraction of sp³-hybridized carbons (Fsp3) is 0.0769. The molecule has 0 atom stereocenters. The molecule has 0 radical (unpaired) electrons. The maximum absolute atomic E-state index is 11.6. The van der Waals surface area contributed by atoms with Crippen molar-refractivity contribution in [3.8, 4) is 11.1 Å². The number of hydrogen-bond acceptors (Lipinski definition) is 6. The third-order valence-electron chi connectivity index (χ3n) is 3.12. The van der Waals surface area contributed by atoms with Gasteiger partial charge in [-0.25, -0.2) is 0 Å². The minimum absolute atomic E-state index is 0.0709. The summed E-state index contributed by atoms with van der Waals surface area (Å²) in [5.41, 5.74) is 5.80. The quantitative estimate of drug-likeness (QED) is 0.474. The van der Waals surface area contributed by atoms with Crippen LogP contribution in [0.15, 0.2) is 46.2 Å². The highest BCUT2D eigenvalue weighted by Gasteiger charge is 2.23.